The van der Waals surface area contributed by atoms with Gasteiger partial charge in [-0.2, -0.15) is 0 Å². The number of benzene rings is 1. The summed E-state index contributed by atoms with van der Waals surface area (Å²) >= 11 is 0. The first-order valence-electron chi connectivity index (χ1n) is 10.2. The number of hydrogen-bond donors (Lipinski definition) is 0. The first-order chi connectivity index (χ1) is 13.2. The summed E-state index contributed by atoms with van der Waals surface area (Å²) in [5, 5.41) is 0. The molecule has 3 fully saturated rings. The fourth-order valence-corrected chi connectivity index (χ4v) is 4.36. The molecule has 4 heteroatoms. The van der Waals surface area contributed by atoms with E-state index >= 15 is 0 Å². The van der Waals surface area contributed by atoms with Crippen LogP contribution in [0.15, 0.2) is 54.9 Å². The van der Waals surface area contributed by atoms with Crippen LogP contribution in [-0.2, 0) is 16.8 Å². The van der Waals surface area contributed by atoms with Gasteiger partial charge in [0.15, 0.2) is 0 Å². The van der Waals surface area contributed by atoms with E-state index in [1.807, 2.05) is 30.6 Å². The maximum absolute atomic E-state index is 13.2. The Morgan fingerprint density at radius 3 is 2.41 bits per heavy atom. The van der Waals surface area contributed by atoms with Crippen molar-refractivity contribution < 1.29 is 4.79 Å². The number of amides is 1. The Labute approximate surface area is 161 Å². The monoisotopic (exact) mass is 361 g/mol. The standard InChI is InChI=1S/C23H27N3O/c27-22(23(10-11-23)20-4-2-1-3-5-20)26-16-21(17-26)25(14-18-6-7-18)15-19-8-12-24-13-9-19/h1-5,8-9,12-13,18,21H,6-7,10-11,14-17H2. The van der Waals surface area contributed by atoms with Crippen molar-refractivity contribution in [2.45, 2.75) is 43.7 Å². The molecule has 5 rings (SSSR count). The van der Waals surface area contributed by atoms with Crippen molar-refractivity contribution in [3.8, 4) is 0 Å². The summed E-state index contributed by atoms with van der Waals surface area (Å²) in [4.78, 5) is 22.0. The molecule has 2 aliphatic carbocycles. The summed E-state index contributed by atoms with van der Waals surface area (Å²) in [5.74, 6) is 1.20. The molecular weight excluding hydrogens is 334 g/mol. The van der Waals surface area contributed by atoms with Crippen LogP contribution >= 0.6 is 0 Å². The molecule has 0 spiro atoms. The maximum Gasteiger partial charge on any atom is 0.233 e. The molecule has 1 aromatic carbocycles. The lowest BCUT2D eigenvalue weighted by Crippen LogP contribution is -2.62. The van der Waals surface area contributed by atoms with E-state index in [9.17, 15) is 4.79 Å². The summed E-state index contributed by atoms with van der Waals surface area (Å²) in [6, 6.07) is 15.1. The third kappa shape index (κ3) is 3.39. The molecule has 1 aliphatic heterocycles. The highest BCUT2D eigenvalue weighted by Gasteiger charge is 2.55. The second-order valence-corrected chi connectivity index (χ2v) is 8.54. The number of nitrogens with zero attached hydrogens (tertiary/aromatic N) is 3. The van der Waals surface area contributed by atoms with Crippen LogP contribution in [0.25, 0.3) is 0 Å². The van der Waals surface area contributed by atoms with Crippen LogP contribution in [0.2, 0.25) is 0 Å². The van der Waals surface area contributed by atoms with Crippen LogP contribution in [0.3, 0.4) is 0 Å². The Kier molecular flexibility index (Phi) is 4.24. The Hall–Kier alpha value is -2.20. The van der Waals surface area contributed by atoms with Gasteiger partial charge in [0.05, 0.1) is 5.41 Å². The van der Waals surface area contributed by atoms with Crippen molar-refractivity contribution in [1.82, 2.24) is 14.8 Å². The molecule has 140 valence electrons. The van der Waals surface area contributed by atoms with E-state index in [2.05, 4.69) is 39.0 Å². The van der Waals surface area contributed by atoms with Crippen molar-refractivity contribution in [3.63, 3.8) is 0 Å². The van der Waals surface area contributed by atoms with Gasteiger partial charge in [-0.05, 0) is 54.9 Å². The predicted molar refractivity (Wildman–Crippen MR) is 105 cm³/mol. The topological polar surface area (TPSA) is 36.4 Å². The van der Waals surface area contributed by atoms with Crippen molar-refractivity contribution in [1.29, 1.82) is 0 Å². The second kappa shape index (κ2) is 6.75. The lowest BCUT2D eigenvalue weighted by atomic mass is 9.92. The van der Waals surface area contributed by atoms with E-state index in [1.165, 1.54) is 30.5 Å². The average Bonchev–Trinajstić information content (AvgIpc) is 3.57. The molecule has 2 heterocycles. The molecule has 0 radical (unpaired) electrons. The zero-order chi connectivity index (χ0) is 18.3. The van der Waals surface area contributed by atoms with E-state index in [1.54, 1.807) is 0 Å². The van der Waals surface area contributed by atoms with E-state index in [0.29, 0.717) is 11.9 Å². The van der Waals surface area contributed by atoms with Crippen LogP contribution < -0.4 is 0 Å². The Balaban J connectivity index is 1.23. The van der Waals surface area contributed by atoms with Crippen LogP contribution in [-0.4, -0.2) is 46.4 Å². The number of carbonyl (C=O) groups excluding carboxylic acids is 1. The molecule has 27 heavy (non-hydrogen) atoms. The number of hydrogen-bond acceptors (Lipinski definition) is 3. The molecule has 3 aliphatic rings. The highest BCUT2D eigenvalue weighted by molar-refractivity contribution is 5.92. The number of aromatic nitrogens is 1. The first kappa shape index (κ1) is 16.9. The molecule has 0 unspecified atom stereocenters. The predicted octanol–water partition coefficient (Wildman–Crippen LogP) is 3.24. The zero-order valence-corrected chi connectivity index (χ0v) is 15.8. The smallest absolute Gasteiger partial charge is 0.233 e. The van der Waals surface area contributed by atoms with Crippen molar-refractivity contribution in [3.05, 3.63) is 66.0 Å². The Morgan fingerprint density at radius 2 is 1.78 bits per heavy atom. The normalized spacial score (nSPS) is 21.1. The minimum absolute atomic E-state index is 0.224. The number of pyridine rings is 1. The van der Waals surface area contributed by atoms with Gasteiger partial charge in [-0.1, -0.05) is 30.3 Å². The van der Waals surface area contributed by atoms with Crippen molar-refractivity contribution in [2.75, 3.05) is 19.6 Å². The number of carbonyl (C=O) groups is 1. The number of likely N-dealkylation sites (tertiary alicyclic amines) is 1. The van der Waals surface area contributed by atoms with Crippen molar-refractivity contribution >= 4 is 5.91 Å². The van der Waals surface area contributed by atoms with E-state index < -0.39 is 0 Å². The molecule has 0 atom stereocenters. The minimum atomic E-state index is -0.224. The number of rotatable bonds is 7. The molecular formula is C23H27N3O. The lowest BCUT2D eigenvalue weighted by molar-refractivity contribution is -0.141. The average molecular weight is 361 g/mol. The highest BCUT2D eigenvalue weighted by atomic mass is 16.2. The van der Waals surface area contributed by atoms with Crippen LogP contribution in [0.1, 0.15) is 36.8 Å². The third-order valence-electron chi connectivity index (χ3n) is 6.48. The highest BCUT2D eigenvalue weighted by Crippen LogP contribution is 2.50. The fourth-order valence-electron chi connectivity index (χ4n) is 4.36. The van der Waals surface area contributed by atoms with Gasteiger partial charge in [0.2, 0.25) is 5.91 Å². The summed E-state index contributed by atoms with van der Waals surface area (Å²) in [6.45, 7) is 3.89. The van der Waals surface area contributed by atoms with Gasteiger partial charge < -0.3 is 4.90 Å². The van der Waals surface area contributed by atoms with E-state index in [-0.39, 0.29) is 5.41 Å². The lowest BCUT2D eigenvalue weighted by Gasteiger charge is -2.47. The van der Waals surface area contributed by atoms with Gasteiger partial charge in [-0.3, -0.25) is 14.7 Å². The summed E-state index contributed by atoms with van der Waals surface area (Å²) < 4.78 is 0. The fraction of sp³-hybridized carbons (Fsp3) is 0.478. The second-order valence-electron chi connectivity index (χ2n) is 8.54. The summed E-state index contributed by atoms with van der Waals surface area (Å²) in [6.07, 6.45) is 8.47. The van der Waals surface area contributed by atoms with Gasteiger partial charge in [0.1, 0.15) is 0 Å². The molecule has 1 aromatic heterocycles. The Morgan fingerprint density at radius 1 is 1.07 bits per heavy atom. The quantitative estimate of drug-likeness (QED) is 0.760. The summed E-state index contributed by atoms with van der Waals surface area (Å²) in [5.41, 5.74) is 2.29. The molecule has 2 aromatic rings. The molecule has 0 bridgehead atoms. The van der Waals surface area contributed by atoms with Gasteiger partial charge in [-0.25, -0.2) is 0 Å². The third-order valence-corrected chi connectivity index (χ3v) is 6.48. The van der Waals surface area contributed by atoms with Gasteiger partial charge in [0.25, 0.3) is 0 Å². The molecule has 1 saturated heterocycles. The van der Waals surface area contributed by atoms with Gasteiger partial charge in [-0.15, -0.1) is 0 Å². The van der Waals surface area contributed by atoms with Crippen LogP contribution in [0.5, 0.6) is 0 Å². The SMILES string of the molecule is O=C(N1CC(N(Cc2ccncc2)CC2CC2)C1)C1(c2ccccc2)CC1. The van der Waals surface area contributed by atoms with E-state index in [4.69, 9.17) is 0 Å². The largest absolute Gasteiger partial charge is 0.339 e. The molecule has 1 amide bonds. The van der Waals surface area contributed by atoms with Gasteiger partial charge >= 0.3 is 0 Å². The van der Waals surface area contributed by atoms with Gasteiger partial charge in [0, 0.05) is 44.6 Å². The Bertz CT molecular complexity index is 793. The van der Waals surface area contributed by atoms with E-state index in [0.717, 1.165) is 38.4 Å². The summed E-state index contributed by atoms with van der Waals surface area (Å²) in [7, 11) is 0. The minimum Gasteiger partial charge on any atom is -0.339 e. The first-order valence-corrected chi connectivity index (χ1v) is 10.2. The maximum atomic E-state index is 13.2. The van der Waals surface area contributed by atoms with Crippen LogP contribution in [0.4, 0.5) is 0 Å². The molecule has 0 N–H and O–H groups in total. The zero-order valence-electron chi connectivity index (χ0n) is 15.8. The van der Waals surface area contributed by atoms with Crippen LogP contribution in [0, 0.1) is 5.92 Å². The van der Waals surface area contributed by atoms with Crippen molar-refractivity contribution in [2.24, 2.45) is 5.92 Å². The molecule has 2 saturated carbocycles. The molecule has 4 nitrogen and oxygen atoms in total.